The smallest absolute Gasteiger partial charge is 0.263 e. The van der Waals surface area contributed by atoms with Crippen LogP contribution in [0.1, 0.15) is 0 Å². The minimum atomic E-state index is -1.47. The summed E-state index contributed by atoms with van der Waals surface area (Å²) in [4.78, 5) is 44.7. The summed E-state index contributed by atoms with van der Waals surface area (Å²) in [7, 11) is 0. The maximum Gasteiger partial charge on any atom is 0.263 e. The van der Waals surface area contributed by atoms with Gasteiger partial charge in [0.1, 0.15) is 0 Å². The van der Waals surface area contributed by atoms with Crippen molar-refractivity contribution < 1.29 is 24.0 Å². The maximum atomic E-state index is 12.9. The van der Waals surface area contributed by atoms with Crippen molar-refractivity contribution >= 4 is 81.7 Å². The molecule has 2 N–H and O–H groups in total. The minimum Gasteiger partial charge on any atom is -0.386 e. The summed E-state index contributed by atoms with van der Waals surface area (Å²) in [5.41, 5.74) is 0.473. The number of carbonyl (C=O) groups excluding carboxylic acids is 3. The quantitative estimate of drug-likeness (QED) is 0.283. The van der Waals surface area contributed by atoms with E-state index in [4.69, 9.17) is 56.0 Å². The van der Waals surface area contributed by atoms with Gasteiger partial charge in [0.25, 0.3) is 5.91 Å². The molecule has 3 amide bonds. The summed E-state index contributed by atoms with van der Waals surface area (Å²) >= 11 is 24.0. The summed E-state index contributed by atoms with van der Waals surface area (Å²) in [6.45, 7) is 1.42. The molecule has 0 unspecified atom stereocenters. The normalized spacial score (nSPS) is 13.7. The van der Waals surface area contributed by atoms with E-state index < -0.39 is 17.7 Å². The van der Waals surface area contributed by atoms with Gasteiger partial charge in [-0.15, -0.1) is 0 Å². The zero-order valence-corrected chi connectivity index (χ0v) is 21.1. The number of anilines is 2. The number of ether oxygens (including phenoxy) is 1. The van der Waals surface area contributed by atoms with Crippen LogP contribution < -0.4 is 10.6 Å². The third kappa shape index (κ3) is 7.98. The highest BCUT2D eigenvalue weighted by molar-refractivity contribution is 6.38. The van der Waals surface area contributed by atoms with Crippen LogP contribution in [0.5, 0.6) is 0 Å². The number of nitrogens with one attached hydrogen (secondary N) is 2. The predicted octanol–water partition coefficient (Wildman–Crippen LogP) is 4.35. The number of hydrogen-bond acceptors (Lipinski definition) is 6. The SMILES string of the molecule is O=C(Nc1ccc(Cl)cc1Cl)C(C=NOCC(=O)N1CCOCC1)C(=O)Nc1ccc(Cl)cc1Cl. The molecule has 2 aromatic carbocycles. The van der Waals surface area contributed by atoms with Gasteiger partial charge in [0.2, 0.25) is 11.8 Å². The molecule has 1 fully saturated rings. The number of morpholine rings is 1. The summed E-state index contributed by atoms with van der Waals surface area (Å²) < 4.78 is 5.20. The lowest BCUT2D eigenvalue weighted by atomic mass is 10.1. The van der Waals surface area contributed by atoms with Crippen molar-refractivity contribution in [2.45, 2.75) is 0 Å². The average Bonchev–Trinajstić information content (AvgIpc) is 2.83. The fourth-order valence-electron chi connectivity index (χ4n) is 2.96. The Balaban J connectivity index is 1.71. The van der Waals surface area contributed by atoms with Crippen LogP contribution in [-0.2, 0) is 24.0 Å². The Bertz CT molecular complexity index is 1060. The van der Waals surface area contributed by atoms with Gasteiger partial charge in [-0.1, -0.05) is 51.6 Å². The fraction of sp³-hybridized carbons (Fsp3) is 0.273. The first kappa shape index (κ1) is 27.0. The summed E-state index contributed by atoms with van der Waals surface area (Å²) in [5.74, 6) is -3.28. The highest BCUT2D eigenvalue weighted by Crippen LogP contribution is 2.27. The molecule has 2 aromatic rings. The lowest BCUT2D eigenvalue weighted by Gasteiger charge is -2.26. The van der Waals surface area contributed by atoms with Crippen LogP contribution in [0.15, 0.2) is 41.6 Å². The third-order valence-corrected chi connectivity index (χ3v) is 5.87. The molecule has 1 aliphatic rings. The van der Waals surface area contributed by atoms with E-state index in [0.717, 1.165) is 6.21 Å². The fourth-order valence-corrected chi connectivity index (χ4v) is 3.87. The van der Waals surface area contributed by atoms with Crippen LogP contribution in [0.4, 0.5) is 11.4 Å². The van der Waals surface area contributed by atoms with Crippen molar-refractivity contribution in [1.82, 2.24) is 4.90 Å². The number of carbonyl (C=O) groups is 3. The predicted molar refractivity (Wildman–Crippen MR) is 136 cm³/mol. The molecule has 0 aromatic heterocycles. The second-order valence-electron chi connectivity index (χ2n) is 7.23. The van der Waals surface area contributed by atoms with E-state index >= 15 is 0 Å². The molecule has 0 radical (unpaired) electrons. The van der Waals surface area contributed by atoms with Crippen molar-refractivity contribution in [2.75, 3.05) is 43.5 Å². The molecule has 9 nitrogen and oxygen atoms in total. The molecule has 35 heavy (non-hydrogen) atoms. The van der Waals surface area contributed by atoms with Gasteiger partial charge in [-0.05, 0) is 36.4 Å². The molecule has 1 aliphatic heterocycles. The van der Waals surface area contributed by atoms with Gasteiger partial charge < -0.3 is 25.1 Å². The van der Waals surface area contributed by atoms with Gasteiger partial charge in [0, 0.05) is 23.1 Å². The van der Waals surface area contributed by atoms with Crippen LogP contribution in [0.25, 0.3) is 0 Å². The first-order chi connectivity index (χ1) is 16.7. The van der Waals surface area contributed by atoms with E-state index in [-0.39, 0.29) is 33.9 Å². The van der Waals surface area contributed by atoms with Gasteiger partial charge in [-0.25, -0.2) is 0 Å². The Morgan fingerprint density at radius 3 is 1.94 bits per heavy atom. The van der Waals surface area contributed by atoms with Crippen LogP contribution in [0, 0.1) is 5.92 Å². The number of rotatable bonds is 8. The summed E-state index contributed by atoms with van der Waals surface area (Å²) in [5, 5.41) is 9.87. The Hall–Kier alpha value is -2.56. The van der Waals surface area contributed by atoms with Crippen LogP contribution in [-0.4, -0.2) is 61.7 Å². The van der Waals surface area contributed by atoms with E-state index in [1.54, 1.807) is 4.90 Å². The van der Waals surface area contributed by atoms with Gasteiger partial charge in [-0.3, -0.25) is 14.4 Å². The van der Waals surface area contributed by atoms with E-state index in [0.29, 0.717) is 36.3 Å². The number of benzene rings is 2. The first-order valence-electron chi connectivity index (χ1n) is 10.3. The van der Waals surface area contributed by atoms with Crippen molar-refractivity contribution in [3.63, 3.8) is 0 Å². The second-order valence-corrected chi connectivity index (χ2v) is 8.91. The molecule has 0 saturated carbocycles. The molecule has 0 spiro atoms. The van der Waals surface area contributed by atoms with E-state index in [1.807, 2.05) is 0 Å². The minimum absolute atomic E-state index is 0.176. The van der Waals surface area contributed by atoms with E-state index in [1.165, 1.54) is 36.4 Å². The molecular weight excluding hydrogens is 542 g/mol. The summed E-state index contributed by atoms with van der Waals surface area (Å²) in [6, 6.07) is 8.91. The first-order valence-corrected chi connectivity index (χ1v) is 11.8. The van der Waals surface area contributed by atoms with Crippen LogP contribution in [0.3, 0.4) is 0 Å². The molecule has 0 aliphatic carbocycles. The highest BCUT2D eigenvalue weighted by Gasteiger charge is 2.27. The number of halogens is 4. The van der Waals surface area contributed by atoms with Gasteiger partial charge >= 0.3 is 0 Å². The standard InChI is InChI=1S/C22H20Cl4N4O5/c23-13-1-3-18(16(25)9-13)28-21(32)15(22(33)29-19-4-2-14(24)10-17(19)26)11-27-35-12-20(31)30-5-7-34-8-6-30/h1-4,9-11,15H,5-8,12H2,(H,28,32)(H,29,33). The summed E-state index contributed by atoms with van der Waals surface area (Å²) in [6.07, 6.45) is 0.977. The van der Waals surface area contributed by atoms with Gasteiger partial charge in [0.05, 0.1) is 40.8 Å². The van der Waals surface area contributed by atoms with Crippen molar-refractivity contribution in [3.05, 3.63) is 56.5 Å². The van der Waals surface area contributed by atoms with E-state index in [2.05, 4.69) is 15.8 Å². The monoisotopic (exact) mass is 560 g/mol. The average molecular weight is 562 g/mol. The van der Waals surface area contributed by atoms with Crippen molar-refractivity contribution in [3.8, 4) is 0 Å². The molecule has 13 heteroatoms. The van der Waals surface area contributed by atoms with Crippen LogP contribution >= 0.6 is 46.4 Å². The number of amides is 3. The third-order valence-electron chi connectivity index (χ3n) is 4.78. The molecule has 0 bridgehead atoms. The molecule has 0 atom stereocenters. The Kier molecular flexibility index (Phi) is 10.00. The lowest BCUT2D eigenvalue weighted by molar-refractivity contribution is -0.140. The number of hydrogen-bond donors (Lipinski definition) is 2. The molecule has 1 saturated heterocycles. The van der Waals surface area contributed by atoms with Gasteiger partial charge in [0.15, 0.2) is 12.5 Å². The van der Waals surface area contributed by atoms with Crippen LogP contribution in [0.2, 0.25) is 20.1 Å². The second kappa shape index (κ2) is 12.9. The van der Waals surface area contributed by atoms with Crippen molar-refractivity contribution in [2.24, 2.45) is 11.1 Å². The number of oxime groups is 1. The number of nitrogens with zero attached hydrogens (tertiary/aromatic N) is 2. The molecular formula is C22H20Cl4N4O5. The molecule has 186 valence electrons. The Morgan fingerprint density at radius 1 is 0.943 bits per heavy atom. The molecule has 3 rings (SSSR count). The highest BCUT2D eigenvalue weighted by atomic mass is 35.5. The van der Waals surface area contributed by atoms with Crippen molar-refractivity contribution in [1.29, 1.82) is 0 Å². The topological polar surface area (TPSA) is 109 Å². The largest absolute Gasteiger partial charge is 0.386 e. The Labute approximate surface area is 221 Å². The Morgan fingerprint density at radius 2 is 1.46 bits per heavy atom. The lowest BCUT2D eigenvalue weighted by Crippen LogP contribution is -2.42. The zero-order valence-electron chi connectivity index (χ0n) is 18.1. The van der Waals surface area contributed by atoms with Gasteiger partial charge in [-0.2, -0.15) is 0 Å². The molecule has 1 heterocycles. The maximum absolute atomic E-state index is 12.9. The zero-order chi connectivity index (χ0) is 25.4. The van der Waals surface area contributed by atoms with E-state index in [9.17, 15) is 14.4 Å².